The van der Waals surface area contributed by atoms with E-state index in [2.05, 4.69) is 4.99 Å². The van der Waals surface area contributed by atoms with Crippen LogP contribution < -0.4 is 11.5 Å². The fourth-order valence-corrected chi connectivity index (χ4v) is 1.44. The van der Waals surface area contributed by atoms with Crippen LogP contribution in [0, 0.1) is 0 Å². The zero-order valence-corrected chi connectivity index (χ0v) is 8.68. The third-order valence-corrected chi connectivity index (χ3v) is 2.15. The van der Waals surface area contributed by atoms with Gasteiger partial charge in [0.05, 0.1) is 5.92 Å². The van der Waals surface area contributed by atoms with E-state index in [4.69, 9.17) is 11.5 Å². The zero-order valence-electron chi connectivity index (χ0n) is 8.68. The van der Waals surface area contributed by atoms with Crippen molar-refractivity contribution in [3.8, 4) is 0 Å². The summed E-state index contributed by atoms with van der Waals surface area (Å²) in [5.74, 6) is -0.730. The summed E-state index contributed by atoms with van der Waals surface area (Å²) in [5, 5.41) is 0. The van der Waals surface area contributed by atoms with Crippen molar-refractivity contribution in [3.63, 3.8) is 0 Å². The highest BCUT2D eigenvalue weighted by Crippen LogP contribution is 2.20. The predicted molar refractivity (Wildman–Crippen MR) is 60.3 cm³/mol. The molecule has 0 spiro atoms. The summed E-state index contributed by atoms with van der Waals surface area (Å²) in [6.07, 6.45) is 0.680. The smallest absolute Gasteiger partial charge is 0.256 e. The first-order chi connectivity index (χ1) is 7.15. The van der Waals surface area contributed by atoms with E-state index in [-0.39, 0.29) is 17.8 Å². The average molecular weight is 205 g/mol. The second kappa shape index (κ2) is 5.14. The van der Waals surface area contributed by atoms with Gasteiger partial charge in [0.2, 0.25) is 0 Å². The van der Waals surface area contributed by atoms with Crippen LogP contribution in [0.15, 0.2) is 35.3 Å². The Labute approximate surface area is 89.0 Å². The second-order valence-electron chi connectivity index (χ2n) is 3.25. The van der Waals surface area contributed by atoms with Crippen LogP contribution in [0.5, 0.6) is 0 Å². The summed E-state index contributed by atoms with van der Waals surface area (Å²) >= 11 is 0. The summed E-state index contributed by atoms with van der Waals surface area (Å²) in [5.41, 5.74) is 11.3. The molecule has 80 valence electrons. The number of rotatable bonds is 3. The van der Waals surface area contributed by atoms with Crippen molar-refractivity contribution in [3.05, 3.63) is 35.9 Å². The Bertz CT molecular complexity index is 355. The fourth-order valence-electron chi connectivity index (χ4n) is 1.44. The number of guanidine groups is 1. The van der Waals surface area contributed by atoms with Crippen molar-refractivity contribution < 1.29 is 4.79 Å². The molecule has 0 aromatic heterocycles. The minimum Gasteiger partial charge on any atom is -0.370 e. The average Bonchev–Trinajstić information content (AvgIpc) is 2.19. The van der Waals surface area contributed by atoms with E-state index in [0.717, 1.165) is 5.56 Å². The molecule has 0 radical (unpaired) electrons. The SMILES string of the molecule is CC[C@@H](C(=O)N=C(N)N)c1ccccc1. The van der Waals surface area contributed by atoms with Crippen LogP contribution in [0.1, 0.15) is 24.8 Å². The third kappa shape index (κ3) is 3.09. The summed E-state index contributed by atoms with van der Waals surface area (Å²) < 4.78 is 0. The van der Waals surface area contributed by atoms with E-state index in [1.807, 2.05) is 37.3 Å². The number of aliphatic imine (C=N–C) groups is 1. The summed E-state index contributed by atoms with van der Waals surface area (Å²) in [6, 6.07) is 9.48. The first-order valence-electron chi connectivity index (χ1n) is 4.83. The van der Waals surface area contributed by atoms with Gasteiger partial charge in [-0.15, -0.1) is 0 Å². The Kier molecular flexibility index (Phi) is 3.85. The first-order valence-corrected chi connectivity index (χ1v) is 4.83. The highest BCUT2D eigenvalue weighted by molar-refractivity contribution is 5.94. The van der Waals surface area contributed by atoms with Gasteiger partial charge in [-0.2, -0.15) is 4.99 Å². The van der Waals surface area contributed by atoms with Gasteiger partial charge >= 0.3 is 0 Å². The number of nitrogens with zero attached hydrogens (tertiary/aromatic N) is 1. The second-order valence-corrected chi connectivity index (χ2v) is 3.25. The molecular formula is C11H15N3O. The standard InChI is InChI=1S/C11H15N3O/c1-2-9(10(15)14-11(12)13)8-6-4-3-5-7-8/h3-7,9H,2H2,1H3,(H4,12,13,14,15)/t9-/m1/s1. The molecular weight excluding hydrogens is 190 g/mol. The number of nitrogens with two attached hydrogens (primary N) is 2. The molecule has 0 saturated heterocycles. The molecule has 1 aromatic rings. The maximum absolute atomic E-state index is 11.6. The van der Waals surface area contributed by atoms with E-state index in [1.165, 1.54) is 0 Å². The zero-order chi connectivity index (χ0) is 11.3. The van der Waals surface area contributed by atoms with E-state index >= 15 is 0 Å². The summed E-state index contributed by atoms with van der Waals surface area (Å²) in [7, 11) is 0. The Morgan fingerprint density at radius 3 is 2.40 bits per heavy atom. The van der Waals surface area contributed by atoms with Gasteiger partial charge in [-0.1, -0.05) is 37.3 Å². The van der Waals surface area contributed by atoms with Crippen molar-refractivity contribution in [2.45, 2.75) is 19.3 Å². The molecule has 1 aromatic carbocycles. The number of carbonyl (C=O) groups is 1. The Morgan fingerprint density at radius 2 is 1.93 bits per heavy atom. The summed E-state index contributed by atoms with van der Waals surface area (Å²) in [4.78, 5) is 15.2. The van der Waals surface area contributed by atoms with Gasteiger partial charge in [-0.3, -0.25) is 4.79 Å². The van der Waals surface area contributed by atoms with E-state index < -0.39 is 0 Å². The maximum Gasteiger partial charge on any atom is 0.256 e. The topological polar surface area (TPSA) is 81.5 Å². The third-order valence-electron chi connectivity index (χ3n) is 2.15. The van der Waals surface area contributed by atoms with Crippen LogP contribution in [0.4, 0.5) is 0 Å². The lowest BCUT2D eigenvalue weighted by Crippen LogP contribution is -2.25. The van der Waals surface area contributed by atoms with E-state index in [1.54, 1.807) is 0 Å². The van der Waals surface area contributed by atoms with Crippen molar-refractivity contribution in [2.24, 2.45) is 16.5 Å². The first kappa shape index (κ1) is 11.2. The van der Waals surface area contributed by atoms with Crippen molar-refractivity contribution >= 4 is 11.9 Å². The largest absolute Gasteiger partial charge is 0.370 e. The van der Waals surface area contributed by atoms with Crippen LogP contribution in [0.3, 0.4) is 0 Å². The van der Waals surface area contributed by atoms with Crippen LogP contribution in [-0.2, 0) is 4.79 Å². The number of amides is 1. The van der Waals surface area contributed by atoms with Gasteiger partial charge in [0.1, 0.15) is 0 Å². The van der Waals surface area contributed by atoms with Gasteiger partial charge in [-0.05, 0) is 12.0 Å². The lowest BCUT2D eigenvalue weighted by Gasteiger charge is -2.10. The van der Waals surface area contributed by atoms with Gasteiger partial charge in [0.25, 0.3) is 5.91 Å². The van der Waals surface area contributed by atoms with E-state index in [9.17, 15) is 4.79 Å². The maximum atomic E-state index is 11.6. The highest BCUT2D eigenvalue weighted by atomic mass is 16.1. The monoisotopic (exact) mass is 205 g/mol. The molecule has 15 heavy (non-hydrogen) atoms. The van der Waals surface area contributed by atoms with Crippen molar-refractivity contribution in [1.82, 2.24) is 0 Å². The van der Waals surface area contributed by atoms with Crippen molar-refractivity contribution in [1.29, 1.82) is 0 Å². The number of benzene rings is 1. The molecule has 0 aliphatic rings. The lowest BCUT2D eigenvalue weighted by atomic mass is 9.96. The number of hydrogen-bond acceptors (Lipinski definition) is 1. The highest BCUT2D eigenvalue weighted by Gasteiger charge is 2.17. The van der Waals surface area contributed by atoms with Crippen LogP contribution >= 0.6 is 0 Å². The normalized spacial score (nSPS) is 11.8. The molecule has 1 atom stereocenters. The van der Waals surface area contributed by atoms with Crippen LogP contribution in [-0.4, -0.2) is 11.9 Å². The van der Waals surface area contributed by atoms with Crippen molar-refractivity contribution in [2.75, 3.05) is 0 Å². The predicted octanol–water partition coefficient (Wildman–Crippen LogP) is 0.980. The number of carbonyl (C=O) groups excluding carboxylic acids is 1. The Hall–Kier alpha value is -1.84. The Morgan fingerprint density at radius 1 is 1.33 bits per heavy atom. The molecule has 1 amide bonds. The van der Waals surface area contributed by atoms with E-state index in [0.29, 0.717) is 6.42 Å². The minimum absolute atomic E-state index is 0.186. The summed E-state index contributed by atoms with van der Waals surface area (Å²) in [6.45, 7) is 1.93. The van der Waals surface area contributed by atoms with Gasteiger partial charge < -0.3 is 11.5 Å². The molecule has 4 nitrogen and oxygen atoms in total. The molecule has 0 bridgehead atoms. The quantitative estimate of drug-likeness (QED) is 0.570. The molecule has 0 unspecified atom stereocenters. The minimum atomic E-state index is -0.288. The molecule has 4 heteroatoms. The molecule has 0 fully saturated rings. The molecule has 0 saturated carbocycles. The van der Waals surface area contributed by atoms with Gasteiger partial charge in [-0.25, -0.2) is 0 Å². The Balaban J connectivity index is 2.90. The van der Waals surface area contributed by atoms with Gasteiger partial charge in [0, 0.05) is 0 Å². The molecule has 0 heterocycles. The van der Waals surface area contributed by atoms with Gasteiger partial charge in [0.15, 0.2) is 5.96 Å². The molecule has 0 aliphatic heterocycles. The van der Waals surface area contributed by atoms with Crippen LogP contribution in [0.2, 0.25) is 0 Å². The molecule has 4 N–H and O–H groups in total. The van der Waals surface area contributed by atoms with Crippen LogP contribution in [0.25, 0.3) is 0 Å². The molecule has 0 aliphatic carbocycles. The molecule has 1 rings (SSSR count). The lowest BCUT2D eigenvalue weighted by molar-refractivity contribution is -0.119. The number of hydrogen-bond donors (Lipinski definition) is 2. The fraction of sp³-hybridized carbons (Fsp3) is 0.273.